The summed E-state index contributed by atoms with van der Waals surface area (Å²) in [7, 11) is 1.58. The van der Waals surface area contributed by atoms with Crippen LogP contribution >= 0.6 is 23.2 Å². The predicted octanol–water partition coefficient (Wildman–Crippen LogP) is 5.35. The van der Waals surface area contributed by atoms with E-state index in [1.165, 1.54) is 6.20 Å². The molecule has 4 rings (SSSR count). The van der Waals surface area contributed by atoms with Gasteiger partial charge >= 0.3 is 0 Å². The van der Waals surface area contributed by atoms with E-state index in [4.69, 9.17) is 32.5 Å². The highest BCUT2D eigenvalue weighted by molar-refractivity contribution is 6.35. The topological polar surface area (TPSA) is 77.2 Å². The van der Waals surface area contributed by atoms with Crippen molar-refractivity contribution in [2.45, 2.75) is 0 Å². The van der Waals surface area contributed by atoms with Crippen LogP contribution in [0.25, 0.3) is 22.2 Å². The maximum Gasteiger partial charge on any atom is 0.251 e. The molecule has 4 aromatic rings. The third-order valence-electron chi connectivity index (χ3n) is 4.05. The summed E-state index contributed by atoms with van der Waals surface area (Å²) in [6, 6.07) is 13.9. The fourth-order valence-corrected chi connectivity index (χ4v) is 3.14. The maximum atomic E-state index is 11.9. The summed E-state index contributed by atoms with van der Waals surface area (Å²) in [6.45, 7) is 0. The highest BCUT2D eigenvalue weighted by atomic mass is 35.5. The number of rotatable bonds is 4. The second-order valence-corrected chi connectivity index (χ2v) is 6.74. The predicted molar refractivity (Wildman–Crippen MR) is 107 cm³/mol. The summed E-state index contributed by atoms with van der Waals surface area (Å²) >= 11 is 12.0. The molecule has 0 fully saturated rings. The van der Waals surface area contributed by atoms with Crippen molar-refractivity contribution in [1.29, 1.82) is 0 Å². The zero-order valence-electron chi connectivity index (χ0n) is 14.6. The molecule has 0 unspecified atom stereocenters. The molecule has 2 aromatic carbocycles. The van der Waals surface area contributed by atoms with E-state index in [9.17, 15) is 4.79 Å². The molecule has 1 amide bonds. The lowest BCUT2D eigenvalue weighted by molar-refractivity contribution is 0.0963. The Morgan fingerprint density at radius 1 is 1.14 bits per heavy atom. The number of aromatic nitrogens is 2. The molecule has 28 heavy (non-hydrogen) atoms. The minimum atomic E-state index is -0.186. The Labute approximate surface area is 170 Å². The first-order valence-corrected chi connectivity index (χ1v) is 9.01. The van der Waals surface area contributed by atoms with Crippen molar-refractivity contribution in [2.24, 2.45) is 0 Å². The van der Waals surface area contributed by atoms with Crippen molar-refractivity contribution in [2.75, 3.05) is 7.05 Å². The first-order chi connectivity index (χ1) is 13.5. The number of hydrogen-bond donors (Lipinski definition) is 1. The number of ether oxygens (including phenoxy) is 1. The normalized spacial score (nSPS) is 10.8. The molecule has 0 aliphatic rings. The fraction of sp³-hybridized carbons (Fsp3) is 0.0500. The third-order valence-corrected chi connectivity index (χ3v) is 4.53. The molecular formula is C20H13Cl2N3O3. The number of halogens is 2. The van der Waals surface area contributed by atoms with E-state index in [2.05, 4.69) is 15.5 Å². The lowest BCUT2D eigenvalue weighted by Crippen LogP contribution is -2.17. The highest BCUT2D eigenvalue weighted by Crippen LogP contribution is 2.34. The Morgan fingerprint density at radius 2 is 2.00 bits per heavy atom. The Hall–Kier alpha value is -3.09. The molecular weight excluding hydrogens is 401 g/mol. The Morgan fingerprint density at radius 3 is 2.79 bits per heavy atom. The van der Waals surface area contributed by atoms with Gasteiger partial charge in [0.15, 0.2) is 5.76 Å². The van der Waals surface area contributed by atoms with E-state index < -0.39 is 0 Å². The van der Waals surface area contributed by atoms with Gasteiger partial charge in [0.1, 0.15) is 16.3 Å². The molecule has 0 radical (unpaired) electrons. The van der Waals surface area contributed by atoms with Gasteiger partial charge in [-0.15, -0.1) is 0 Å². The van der Waals surface area contributed by atoms with Gasteiger partial charge in [-0.25, -0.2) is 4.98 Å². The number of hydrogen-bond acceptors (Lipinski definition) is 5. The highest BCUT2D eigenvalue weighted by Gasteiger charge is 2.15. The number of pyridine rings is 1. The summed E-state index contributed by atoms with van der Waals surface area (Å²) in [5.74, 6) is 1.10. The molecule has 2 heterocycles. The van der Waals surface area contributed by atoms with Crippen LogP contribution in [0.3, 0.4) is 0 Å². The second kappa shape index (κ2) is 7.50. The van der Waals surface area contributed by atoms with Gasteiger partial charge in [0, 0.05) is 24.4 Å². The first kappa shape index (κ1) is 18.3. The van der Waals surface area contributed by atoms with Crippen LogP contribution < -0.4 is 10.1 Å². The number of carbonyl (C=O) groups is 1. The summed E-state index contributed by atoms with van der Waals surface area (Å²) in [5.41, 5.74) is 1.90. The van der Waals surface area contributed by atoms with Crippen LogP contribution in [0.4, 0.5) is 0 Å². The van der Waals surface area contributed by atoms with Gasteiger partial charge in [-0.2, -0.15) is 0 Å². The molecule has 0 aliphatic heterocycles. The van der Waals surface area contributed by atoms with Gasteiger partial charge in [0.05, 0.1) is 10.4 Å². The molecule has 0 aliphatic carbocycles. The number of amides is 1. The van der Waals surface area contributed by atoms with Gasteiger partial charge in [-0.05, 0) is 36.4 Å². The van der Waals surface area contributed by atoms with Gasteiger partial charge in [-0.1, -0.05) is 40.5 Å². The van der Waals surface area contributed by atoms with E-state index in [-0.39, 0.29) is 11.8 Å². The zero-order chi connectivity index (χ0) is 19.7. The van der Waals surface area contributed by atoms with Crippen LogP contribution in [0.5, 0.6) is 11.6 Å². The second-order valence-electron chi connectivity index (χ2n) is 5.89. The van der Waals surface area contributed by atoms with E-state index in [0.29, 0.717) is 32.6 Å². The number of nitrogens with one attached hydrogen (secondary N) is 1. The Bertz CT molecular complexity index is 1190. The molecule has 8 heteroatoms. The number of benzene rings is 2. The van der Waals surface area contributed by atoms with Crippen molar-refractivity contribution in [1.82, 2.24) is 15.5 Å². The average molecular weight is 414 g/mol. The van der Waals surface area contributed by atoms with Crippen LogP contribution in [0.15, 0.2) is 59.3 Å². The Balaban J connectivity index is 1.72. The maximum absolute atomic E-state index is 11.9. The minimum absolute atomic E-state index is 0.186. The lowest BCUT2D eigenvalue weighted by Gasteiger charge is -2.07. The number of fused-ring (bicyclic) bond motifs is 1. The van der Waals surface area contributed by atoms with Crippen molar-refractivity contribution in [3.05, 3.63) is 70.3 Å². The fourth-order valence-electron chi connectivity index (χ4n) is 2.72. The van der Waals surface area contributed by atoms with Gasteiger partial charge < -0.3 is 14.6 Å². The van der Waals surface area contributed by atoms with Crippen LogP contribution in [0, 0.1) is 0 Å². The minimum Gasteiger partial charge on any atom is -0.438 e. The average Bonchev–Trinajstić information content (AvgIpc) is 3.13. The van der Waals surface area contributed by atoms with Gasteiger partial charge in [0.25, 0.3) is 5.91 Å². The molecule has 0 spiro atoms. The molecule has 140 valence electrons. The van der Waals surface area contributed by atoms with Crippen molar-refractivity contribution in [3.8, 4) is 23.0 Å². The Kier molecular flexibility index (Phi) is 4.90. The molecule has 0 atom stereocenters. The lowest BCUT2D eigenvalue weighted by atomic mass is 10.1. The van der Waals surface area contributed by atoms with Crippen LogP contribution in [-0.2, 0) is 0 Å². The van der Waals surface area contributed by atoms with Crippen molar-refractivity contribution < 1.29 is 14.1 Å². The molecule has 0 bridgehead atoms. The molecule has 1 N–H and O–H groups in total. The van der Waals surface area contributed by atoms with Crippen LogP contribution in [0.2, 0.25) is 10.0 Å². The standard InChI is InChI=1S/C20H13Cl2N3O3/c1-23-19(26)12-5-6-17-15(8-12)18(28-25-17)11-3-2-4-14(7-11)27-20-16(22)9-13(21)10-24-20/h2-10H,1H3,(H,23,26). The van der Waals surface area contributed by atoms with Gasteiger partial charge in [-0.3, -0.25) is 4.79 Å². The SMILES string of the molecule is CNC(=O)c1ccc2noc(-c3cccc(Oc4ncc(Cl)cc4Cl)c3)c2c1. The summed E-state index contributed by atoms with van der Waals surface area (Å²) in [5, 5.41) is 8.12. The van der Waals surface area contributed by atoms with E-state index in [0.717, 1.165) is 10.9 Å². The monoisotopic (exact) mass is 413 g/mol. The molecule has 0 saturated carbocycles. The molecule has 6 nitrogen and oxygen atoms in total. The van der Waals surface area contributed by atoms with Crippen LogP contribution in [0.1, 0.15) is 10.4 Å². The number of carbonyl (C=O) groups excluding carboxylic acids is 1. The van der Waals surface area contributed by atoms with Gasteiger partial charge in [0.2, 0.25) is 5.88 Å². The zero-order valence-corrected chi connectivity index (χ0v) is 16.1. The van der Waals surface area contributed by atoms with Crippen molar-refractivity contribution in [3.63, 3.8) is 0 Å². The van der Waals surface area contributed by atoms with Crippen LogP contribution in [-0.4, -0.2) is 23.1 Å². The summed E-state index contributed by atoms with van der Waals surface area (Å²) < 4.78 is 11.3. The van der Waals surface area contributed by atoms with E-state index >= 15 is 0 Å². The van der Waals surface area contributed by atoms with E-state index in [1.807, 2.05) is 12.1 Å². The molecule has 0 saturated heterocycles. The number of nitrogens with zero attached hydrogens (tertiary/aromatic N) is 2. The smallest absolute Gasteiger partial charge is 0.251 e. The first-order valence-electron chi connectivity index (χ1n) is 8.26. The summed E-state index contributed by atoms with van der Waals surface area (Å²) in [6.07, 6.45) is 1.46. The quantitative estimate of drug-likeness (QED) is 0.487. The van der Waals surface area contributed by atoms with E-state index in [1.54, 1.807) is 43.4 Å². The summed E-state index contributed by atoms with van der Waals surface area (Å²) in [4.78, 5) is 16.0. The largest absolute Gasteiger partial charge is 0.438 e. The molecule has 2 aromatic heterocycles. The van der Waals surface area contributed by atoms with Crippen molar-refractivity contribution >= 4 is 40.0 Å². The third kappa shape index (κ3) is 3.52.